The summed E-state index contributed by atoms with van der Waals surface area (Å²) in [6, 6.07) is 0.300. The van der Waals surface area contributed by atoms with Gasteiger partial charge in [0.15, 0.2) is 4.34 Å². The molecule has 2 rings (SSSR count). The number of aromatic nitrogens is 2. The molecule has 1 fully saturated rings. The highest BCUT2D eigenvalue weighted by Crippen LogP contribution is 2.32. The van der Waals surface area contributed by atoms with Gasteiger partial charge in [0.2, 0.25) is 5.91 Å². The van der Waals surface area contributed by atoms with Crippen LogP contribution in [0.3, 0.4) is 0 Å². The largest absolute Gasteiger partial charge is 0.339 e. The second kappa shape index (κ2) is 5.35. The van der Waals surface area contributed by atoms with Gasteiger partial charge in [0.25, 0.3) is 0 Å². The van der Waals surface area contributed by atoms with Crippen molar-refractivity contribution in [1.29, 1.82) is 0 Å². The van der Waals surface area contributed by atoms with Crippen LogP contribution in [0.1, 0.15) is 33.0 Å². The molecular weight excluding hydrogens is 254 g/mol. The fourth-order valence-corrected chi connectivity index (χ4v) is 3.84. The van der Waals surface area contributed by atoms with Crippen LogP contribution in [0.15, 0.2) is 4.34 Å². The van der Waals surface area contributed by atoms with Crippen molar-refractivity contribution < 1.29 is 4.79 Å². The molecule has 17 heavy (non-hydrogen) atoms. The standard InChI is InChI=1S/C11H17N3OS2/c1-4-9-12-11(17-13-9)16-8-5-6-14(7(2)3)10(8)15/h7-8H,4-6H2,1-3H3/t8-/m0/s1. The summed E-state index contributed by atoms with van der Waals surface area (Å²) >= 11 is 2.97. The monoisotopic (exact) mass is 271 g/mol. The molecule has 1 aromatic heterocycles. The van der Waals surface area contributed by atoms with Crippen LogP contribution < -0.4 is 0 Å². The fraction of sp³-hybridized carbons (Fsp3) is 0.727. The lowest BCUT2D eigenvalue weighted by molar-refractivity contribution is -0.128. The van der Waals surface area contributed by atoms with Crippen molar-refractivity contribution in [3.05, 3.63) is 5.82 Å². The maximum absolute atomic E-state index is 12.1. The van der Waals surface area contributed by atoms with Gasteiger partial charge in [-0.3, -0.25) is 4.79 Å². The molecule has 1 aromatic rings. The molecule has 94 valence electrons. The van der Waals surface area contributed by atoms with E-state index in [1.54, 1.807) is 11.8 Å². The predicted molar refractivity (Wildman–Crippen MR) is 70.4 cm³/mol. The third kappa shape index (κ3) is 2.80. The average Bonchev–Trinajstić information content (AvgIpc) is 2.87. The Bertz CT molecular complexity index is 405. The number of amides is 1. The Hall–Kier alpha value is -0.620. The summed E-state index contributed by atoms with van der Waals surface area (Å²) in [7, 11) is 0. The van der Waals surface area contributed by atoms with Crippen molar-refractivity contribution in [3.8, 4) is 0 Å². The number of hydrogen-bond donors (Lipinski definition) is 0. The van der Waals surface area contributed by atoms with Crippen LogP contribution in [0, 0.1) is 0 Å². The number of carbonyl (C=O) groups is 1. The van der Waals surface area contributed by atoms with Gasteiger partial charge in [-0.05, 0) is 31.8 Å². The summed E-state index contributed by atoms with van der Waals surface area (Å²) in [5.74, 6) is 1.13. The Morgan fingerprint density at radius 1 is 1.59 bits per heavy atom. The van der Waals surface area contributed by atoms with E-state index in [1.165, 1.54) is 11.5 Å². The molecule has 1 saturated heterocycles. The number of aryl methyl sites for hydroxylation is 1. The van der Waals surface area contributed by atoms with Gasteiger partial charge < -0.3 is 4.90 Å². The minimum Gasteiger partial charge on any atom is -0.339 e. The zero-order valence-electron chi connectivity index (χ0n) is 10.3. The second-order valence-corrected chi connectivity index (χ2v) is 6.55. The Morgan fingerprint density at radius 3 is 2.88 bits per heavy atom. The number of likely N-dealkylation sites (tertiary alicyclic amines) is 1. The Labute approximate surface area is 110 Å². The van der Waals surface area contributed by atoms with Crippen molar-refractivity contribution in [2.24, 2.45) is 0 Å². The van der Waals surface area contributed by atoms with Crippen LogP contribution in [-0.2, 0) is 11.2 Å². The highest BCUT2D eigenvalue weighted by Gasteiger charge is 2.34. The molecule has 0 aliphatic carbocycles. The molecule has 1 aliphatic rings. The molecule has 0 radical (unpaired) electrons. The normalized spacial score (nSPS) is 20.6. The van der Waals surface area contributed by atoms with E-state index < -0.39 is 0 Å². The molecule has 6 heteroatoms. The Kier molecular flexibility index (Phi) is 4.04. The number of rotatable bonds is 4. The predicted octanol–water partition coefficient (Wildman–Crippen LogP) is 2.20. The molecule has 2 heterocycles. The van der Waals surface area contributed by atoms with Crippen LogP contribution in [0.2, 0.25) is 0 Å². The fourth-order valence-electron chi connectivity index (χ4n) is 1.85. The number of nitrogens with zero attached hydrogens (tertiary/aromatic N) is 3. The van der Waals surface area contributed by atoms with Gasteiger partial charge in [-0.1, -0.05) is 18.7 Å². The van der Waals surface area contributed by atoms with Crippen molar-refractivity contribution in [2.45, 2.75) is 49.2 Å². The first-order valence-electron chi connectivity index (χ1n) is 5.91. The number of carbonyl (C=O) groups excluding carboxylic acids is 1. The molecule has 0 N–H and O–H groups in total. The molecule has 1 atom stereocenters. The molecule has 0 saturated carbocycles. The zero-order chi connectivity index (χ0) is 12.4. The van der Waals surface area contributed by atoms with Gasteiger partial charge in [-0.2, -0.15) is 4.37 Å². The lowest BCUT2D eigenvalue weighted by Gasteiger charge is -2.20. The van der Waals surface area contributed by atoms with Crippen LogP contribution in [-0.4, -0.2) is 38.0 Å². The third-order valence-corrected chi connectivity index (χ3v) is 4.90. The Balaban J connectivity index is 1.98. The summed E-state index contributed by atoms with van der Waals surface area (Å²) < 4.78 is 5.16. The molecule has 1 amide bonds. The van der Waals surface area contributed by atoms with Gasteiger partial charge in [-0.15, -0.1) is 0 Å². The second-order valence-electron chi connectivity index (χ2n) is 4.35. The highest BCUT2D eigenvalue weighted by molar-refractivity contribution is 8.02. The summed E-state index contributed by atoms with van der Waals surface area (Å²) in [5.41, 5.74) is 0. The van der Waals surface area contributed by atoms with Crippen LogP contribution in [0.5, 0.6) is 0 Å². The average molecular weight is 271 g/mol. The van der Waals surface area contributed by atoms with Crippen LogP contribution in [0.4, 0.5) is 0 Å². The minimum atomic E-state index is 0.0371. The van der Waals surface area contributed by atoms with Gasteiger partial charge in [0, 0.05) is 19.0 Å². The van der Waals surface area contributed by atoms with Gasteiger partial charge in [0.05, 0.1) is 5.25 Å². The van der Waals surface area contributed by atoms with Crippen molar-refractivity contribution in [3.63, 3.8) is 0 Å². The van der Waals surface area contributed by atoms with Crippen LogP contribution in [0.25, 0.3) is 0 Å². The van der Waals surface area contributed by atoms with E-state index in [1.807, 2.05) is 11.8 Å². The van der Waals surface area contributed by atoms with Crippen LogP contribution >= 0.6 is 23.3 Å². The van der Waals surface area contributed by atoms with E-state index in [-0.39, 0.29) is 11.2 Å². The summed E-state index contributed by atoms with van der Waals surface area (Å²) in [4.78, 5) is 18.4. The molecular formula is C11H17N3OS2. The van der Waals surface area contributed by atoms with Crippen molar-refractivity contribution in [1.82, 2.24) is 14.3 Å². The highest BCUT2D eigenvalue weighted by atomic mass is 32.2. The van der Waals surface area contributed by atoms with Gasteiger partial charge in [-0.25, -0.2) is 4.98 Å². The zero-order valence-corrected chi connectivity index (χ0v) is 12.0. The van der Waals surface area contributed by atoms with Gasteiger partial charge >= 0.3 is 0 Å². The first-order chi connectivity index (χ1) is 8.11. The topological polar surface area (TPSA) is 46.1 Å². The molecule has 0 spiro atoms. The quantitative estimate of drug-likeness (QED) is 0.842. The smallest absolute Gasteiger partial charge is 0.236 e. The molecule has 0 aromatic carbocycles. The lowest BCUT2D eigenvalue weighted by Crippen LogP contribution is -2.34. The maximum Gasteiger partial charge on any atom is 0.236 e. The van der Waals surface area contributed by atoms with E-state index in [4.69, 9.17) is 0 Å². The first-order valence-corrected chi connectivity index (χ1v) is 7.56. The molecule has 0 unspecified atom stereocenters. The maximum atomic E-state index is 12.1. The van der Waals surface area contributed by atoms with E-state index in [0.717, 1.165) is 29.6 Å². The van der Waals surface area contributed by atoms with E-state index >= 15 is 0 Å². The summed E-state index contributed by atoms with van der Waals surface area (Å²) in [5, 5.41) is 0.0371. The number of hydrogen-bond acceptors (Lipinski definition) is 5. The summed E-state index contributed by atoms with van der Waals surface area (Å²) in [6.45, 7) is 7.03. The number of thioether (sulfide) groups is 1. The lowest BCUT2D eigenvalue weighted by atomic mass is 10.3. The van der Waals surface area contributed by atoms with Crippen molar-refractivity contribution in [2.75, 3.05) is 6.54 Å². The van der Waals surface area contributed by atoms with E-state index in [9.17, 15) is 4.79 Å². The third-order valence-electron chi connectivity index (χ3n) is 2.82. The molecule has 4 nitrogen and oxygen atoms in total. The molecule has 0 bridgehead atoms. The summed E-state index contributed by atoms with van der Waals surface area (Å²) in [6.07, 6.45) is 1.77. The van der Waals surface area contributed by atoms with Gasteiger partial charge in [0.1, 0.15) is 5.82 Å². The minimum absolute atomic E-state index is 0.0371. The van der Waals surface area contributed by atoms with E-state index in [0.29, 0.717) is 6.04 Å². The SMILES string of the molecule is CCc1nsc(S[C@H]2CCN(C(C)C)C2=O)n1. The first kappa shape index (κ1) is 12.8. The van der Waals surface area contributed by atoms with E-state index in [2.05, 4.69) is 23.2 Å². The van der Waals surface area contributed by atoms with Crippen molar-refractivity contribution >= 4 is 29.2 Å². The Morgan fingerprint density at radius 2 is 2.35 bits per heavy atom. The molecule has 1 aliphatic heterocycles.